The van der Waals surface area contributed by atoms with Crippen LogP contribution >= 0.6 is 11.6 Å². The number of piperidine rings is 1. The molecule has 1 aromatic rings. The van der Waals surface area contributed by atoms with Gasteiger partial charge in [-0.3, -0.25) is 0 Å². The van der Waals surface area contributed by atoms with Crippen LogP contribution in [0.1, 0.15) is 24.3 Å². The summed E-state index contributed by atoms with van der Waals surface area (Å²) in [4.78, 5) is 0. The van der Waals surface area contributed by atoms with Gasteiger partial charge >= 0.3 is 0 Å². The quantitative estimate of drug-likeness (QED) is 0.817. The second-order valence-corrected chi connectivity index (χ2v) is 4.68. The summed E-state index contributed by atoms with van der Waals surface area (Å²) < 4.78 is 10.7. The molecule has 0 spiro atoms. The molecule has 1 saturated heterocycles. The highest BCUT2D eigenvalue weighted by Gasteiger charge is 2.22. The average Bonchev–Trinajstić information content (AvgIpc) is 2.76. The summed E-state index contributed by atoms with van der Waals surface area (Å²) in [6, 6.07) is 3.90. The molecule has 0 amide bonds. The van der Waals surface area contributed by atoms with Crippen molar-refractivity contribution in [3.05, 3.63) is 22.7 Å². The molecular formula is C12H14ClNO2. The summed E-state index contributed by atoms with van der Waals surface area (Å²) in [6.07, 6.45) is 2.39. The minimum absolute atomic E-state index is 0.304. The molecule has 1 unspecified atom stereocenters. The molecule has 4 heteroatoms. The lowest BCUT2D eigenvalue weighted by atomic mass is 9.91. The first-order valence-electron chi connectivity index (χ1n) is 5.64. The number of ether oxygens (including phenoxy) is 2. The molecule has 3 rings (SSSR count). The minimum atomic E-state index is 0.304. The number of nitrogens with one attached hydrogen (secondary N) is 1. The van der Waals surface area contributed by atoms with E-state index in [0.717, 1.165) is 29.6 Å². The first-order chi connectivity index (χ1) is 7.84. The summed E-state index contributed by atoms with van der Waals surface area (Å²) in [5.74, 6) is 2.08. The number of halogens is 1. The molecule has 0 bridgehead atoms. The zero-order valence-corrected chi connectivity index (χ0v) is 9.72. The van der Waals surface area contributed by atoms with Crippen LogP contribution in [0.25, 0.3) is 0 Å². The van der Waals surface area contributed by atoms with Gasteiger partial charge in [-0.1, -0.05) is 11.6 Å². The zero-order valence-electron chi connectivity index (χ0n) is 8.96. The molecule has 1 aromatic carbocycles. The van der Waals surface area contributed by atoms with Crippen molar-refractivity contribution in [2.24, 2.45) is 0 Å². The lowest BCUT2D eigenvalue weighted by Gasteiger charge is -2.24. The fourth-order valence-electron chi connectivity index (χ4n) is 2.36. The first kappa shape index (κ1) is 10.2. The number of benzene rings is 1. The van der Waals surface area contributed by atoms with Crippen LogP contribution in [-0.4, -0.2) is 19.9 Å². The van der Waals surface area contributed by atoms with Crippen molar-refractivity contribution >= 4 is 11.6 Å². The maximum Gasteiger partial charge on any atom is 0.231 e. The van der Waals surface area contributed by atoms with Crippen LogP contribution in [0.15, 0.2) is 12.1 Å². The Kier molecular flexibility index (Phi) is 2.65. The van der Waals surface area contributed by atoms with E-state index in [-0.39, 0.29) is 0 Å². The summed E-state index contributed by atoms with van der Waals surface area (Å²) in [5, 5.41) is 4.19. The van der Waals surface area contributed by atoms with Gasteiger partial charge in [-0.15, -0.1) is 0 Å². The number of fused-ring (bicyclic) bond motifs is 1. The predicted octanol–water partition coefficient (Wildman–Crippen LogP) is 2.54. The number of rotatable bonds is 1. The fraction of sp³-hybridized carbons (Fsp3) is 0.500. The Bertz CT molecular complexity index is 402. The first-order valence-corrected chi connectivity index (χ1v) is 6.02. The summed E-state index contributed by atoms with van der Waals surface area (Å²) in [7, 11) is 0. The van der Waals surface area contributed by atoms with Gasteiger partial charge in [-0.05, 0) is 36.9 Å². The minimum Gasteiger partial charge on any atom is -0.454 e. The van der Waals surface area contributed by atoms with Gasteiger partial charge in [-0.2, -0.15) is 0 Å². The van der Waals surface area contributed by atoms with Crippen LogP contribution < -0.4 is 14.8 Å². The third-order valence-corrected chi connectivity index (χ3v) is 3.56. The summed E-state index contributed by atoms with van der Waals surface area (Å²) >= 11 is 6.28. The van der Waals surface area contributed by atoms with Crippen LogP contribution in [0.4, 0.5) is 0 Å². The number of hydrogen-bond donors (Lipinski definition) is 1. The van der Waals surface area contributed by atoms with Gasteiger partial charge in [-0.25, -0.2) is 0 Å². The van der Waals surface area contributed by atoms with E-state index in [1.165, 1.54) is 18.4 Å². The second kappa shape index (κ2) is 4.15. The van der Waals surface area contributed by atoms with Crippen LogP contribution in [-0.2, 0) is 0 Å². The predicted molar refractivity (Wildman–Crippen MR) is 62.4 cm³/mol. The Balaban J connectivity index is 1.94. The maximum absolute atomic E-state index is 6.28. The van der Waals surface area contributed by atoms with Crippen molar-refractivity contribution in [2.75, 3.05) is 19.9 Å². The van der Waals surface area contributed by atoms with E-state index < -0.39 is 0 Å². The van der Waals surface area contributed by atoms with E-state index in [0.29, 0.717) is 12.7 Å². The van der Waals surface area contributed by atoms with Gasteiger partial charge < -0.3 is 14.8 Å². The van der Waals surface area contributed by atoms with Crippen molar-refractivity contribution in [2.45, 2.75) is 18.8 Å². The Morgan fingerprint density at radius 3 is 2.81 bits per heavy atom. The number of hydrogen-bond acceptors (Lipinski definition) is 3. The molecule has 2 aliphatic heterocycles. The zero-order chi connectivity index (χ0) is 11.0. The molecule has 0 radical (unpaired) electrons. The smallest absolute Gasteiger partial charge is 0.231 e. The topological polar surface area (TPSA) is 30.5 Å². The Hall–Kier alpha value is -0.930. The fourth-order valence-corrected chi connectivity index (χ4v) is 2.67. The molecule has 2 aliphatic rings. The summed E-state index contributed by atoms with van der Waals surface area (Å²) in [6.45, 7) is 2.41. The third kappa shape index (κ3) is 1.74. The Morgan fingerprint density at radius 1 is 1.25 bits per heavy atom. The average molecular weight is 240 g/mol. The molecule has 0 aliphatic carbocycles. The molecule has 16 heavy (non-hydrogen) atoms. The van der Waals surface area contributed by atoms with Gasteiger partial charge in [0.25, 0.3) is 0 Å². The lowest BCUT2D eigenvalue weighted by Crippen LogP contribution is -2.28. The van der Waals surface area contributed by atoms with Crippen molar-refractivity contribution < 1.29 is 9.47 Å². The Labute approximate surface area is 99.7 Å². The monoisotopic (exact) mass is 239 g/mol. The standard InChI is InChI=1S/C12H14ClNO2/c13-10-5-12-11(15-7-16-12)4-9(10)8-2-1-3-14-6-8/h4-5,8,14H,1-3,6-7H2. The van der Waals surface area contributed by atoms with Gasteiger partial charge in [0.2, 0.25) is 6.79 Å². The molecule has 0 aromatic heterocycles. The molecule has 3 nitrogen and oxygen atoms in total. The second-order valence-electron chi connectivity index (χ2n) is 4.27. The largest absolute Gasteiger partial charge is 0.454 e. The lowest BCUT2D eigenvalue weighted by molar-refractivity contribution is 0.174. The Morgan fingerprint density at radius 2 is 2.06 bits per heavy atom. The highest BCUT2D eigenvalue weighted by atomic mass is 35.5. The van der Waals surface area contributed by atoms with Crippen molar-refractivity contribution in [3.8, 4) is 11.5 Å². The molecule has 1 fully saturated rings. The molecule has 86 valence electrons. The van der Waals surface area contributed by atoms with E-state index in [4.69, 9.17) is 21.1 Å². The highest BCUT2D eigenvalue weighted by molar-refractivity contribution is 6.31. The normalized spacial score (nSPS) is 23.4. The van der Waals surface area contributed by atoms with Crippen molar-refractivity contribution in [1.29, 1.82) is 0 Å². The highest BCUT2D eigenvalue weighted by Crippen LogP contribution is 2.40. The van der Waals surface area contributed by atoms with Crippen LogP contribution in [0, 0.1) is 0 Å². The van der Waals surface area contributed by atoms with E-state index in [2.05, 4.69) is 5.32 Å². The van der Waals surface area contributed by atoms with Gasteiger partial charge in [0.05, 0.1) is 0 Å². The van der Waals surface area contributed by atoms with Crippen molar-refractivity contribution in [1.82, 2.24) is 5.32 Å². The van der Waals surface area contributed by atoms with Crippen LogP contribution in [0.2, 0.25) is 5.02 Å². The third-order valence-electron chi connectivity index (χ3n) is 3.23. The molecular weight excluding hydrogens is 226 g/mol. The summed E-state index contributed by atoms with van der Waals surface area (Å²) in [5.41, 5.74) is 1.18. The molecule has 2 heterocycles. The van der Waals surface area contributed by atoms with Gasteiger partial charge in [0.15, 0.2) is 11.5 Å². The van der Waals surface area contributed by atoms with Gasteiger partial charge in [0.1, 0.15) is 0 Å². The molecule has 1 N–H and O–H groups in total. The SMILES string of the molecule is Clc1cc2c(cc1C1CCCNC1)OCO2. The van der Waals surface area contributed by atoms with E-state index in [1.54, 1.807) is 0 Å². The van der Waals surface area contributed by atoms with Crippen LogP contribution in [0.3, 0.4) is 0 Å². The molecule has 1 atom stereocenters. The molecule has 0 saturated carbocycles. The maximum atomic E-state index is 6.28. The van der Waals surface area contributed by atoms with Crippen molar-refractivity contribution in [3.63, 3.8) is 0 Å². The van der Waals surface area contributed by atoms with Crippen LogP contribution in [0.5, 0.6) is 11.5 Å². The van der Waals surface area contributed by atoms with E-state index >= 15 is 0 Å². The van der Waals surface area contributed by atoms with Gasteiger partial charge in [0, 0.05) is 17.6 Å². The van der Waals surface area contributed by atoms with E-state index in [1.807, 2.05) is 12.1 Å². The van der Waals surface area contributed by atoms with E-state index in [9.17, 15) is 0 Å².